The largest absolute Gasteiger partial charge is 0.496 e. The molecule has 32 heavy (non-hydrogen) atoms. The number of ether oxygens (including phenoxy) is 2. The SMILES string of the molecule is COc1ccccc1COc1ccc(CC(=O)N/N=C(\N)c2ccncc2)cc1[N+](=O)[O-]. The summed E-state index contributed by atoms with van der Waals surface area (Å²) in [5.74, 6) is 0.353. The molecule has 1 aromatic heterocycles. The third kappa shape index (κ3) is 5.79. The monoisotopic (exact) mass is 435 g/mol. The van der Waals surface area contributed by atoms with Gasteiger partial charge in [-0.1, -0.05) is 24.3 Å². The number of amidine groups is 1. The summed E-state index contributed by atoms with van der Waals surface area (Å²) in [6.45, 7) is 0.0910. The Morgan fingerprint density at radius 2 is 1.91 bits per heavy atom. The van der Waals surface area contributed by atoms with Gasteiger partial charge in [-0.3, -0.25) is 19.9 Å². The van der Waals surface area contributed by atoms with Crippen LogP contribution in [0.2, 0.25) is 0 Å². The van der Waals surface area contributed by atoms with Gasteiger partial charge in [0.05, 0.1) is 18.5 Å². The molecule has 0 bridgehead atoms. The number of rotatable bonds is 9. The number of hydrogen-bond acceptors (Lipinski definition) is 7. The minimum Gasteiger partial charge on any atom is -0.496 e. The smallest absolute Gasteiger partial charge is 0.311 e. The second-order valence-electron chi connectivity index (χ2n) is 6.60. The van der Waals surface area contributed by atoms with E-state index in [1.807, 2.05) is 18.2 Å². The van der Waals surface area contributed by atoms with E-state index < -0.39 is 10.8 Å². The number of methoxy groups -OCH3 is 1. The van der Waals surface area contributed by atoms with Crippen LogP contribution in [0.4, 0.5) is 5.69 Å². The van der Waals surface area contributed by atoms with E-state index >= 15 is 0 Å². The number of hydrazone groups is 1. The molecule has 2 aromatic carbocycles. The topological polar surface area (TPSA) is 142 Å². The van der Waals surface area contributed by atoms with Gasteiger partial charge in [0, 0.05) is 29.6 Å². The van der Waals surface area contributed by atoms with Crippen molar-refractivity contribution in [1.29, 1.82) is 0 Å². The van der Waals surface area contributed by atoms with Crippen molar-refractivity contribution >= 4 is 17.4 Å². The number of nitro groups is 1. The van der Waals surface area contributed by atoms with Gasteiger partial charge in [0.25, 0.3) is 0 Å². The molecule has 0 atom stereocenters. The molecule has 10 nitrogen and oxygen atoms in total. The van der Waals surface area contributed by atoms with Crippen LogP contribution in [0.25, 0.3) is 0 Å². The summed E-state index contributed by atoms with van der Waals surface area (Å²) < 4.78 is 10.9. The number of nitrogens with two attached hydrogens (primary N) is 1. The molecule has 0 spiro atoms. The predicted molar refractivity (Wildman–Crippen MR) is 117 cm³/mol. The number of nitrogens with zero attached hydrogens (tertiary/aromatic N) is 3. The number of pyridine rings is 1. The van der Waals surface area contributed by atoms with Crippen LogP contribution in [0.15, 0.2) is 72.1 Å². The highest BCUT2D eigenvalue weighted by molar-refractivity contribution is 5.97. The number of carbonyl (C=O) groups is 1. The van der Waals surface area contributed by atoms with Crippen molar-refractivity contribution in [3.63, 3.8) is 0 Å². The lowest BCUT2D eigenvalue weighted by Crippen LogP contribution is -2.25. The van der Waals surface area contributed by atoms with E-state index in [1.54, 1.807) is 36.7 Å². The van der Waals surface area contributed by atoms with Crippen LogP contribution >= 0.6 is 0 Å². The van der Waals surface area contributed by atoms with Crippen LogP contribution in [0.1, 0.15) is 16.7 Å². The number of amides is 1. The fourth-order valence-corrected chi connectivity index (χ4v) is 2.85. The predicted octanol–water partition coefficient (Wildman–Crippen LogP) is 2.56. The van der Waals surface area contributed by atoms with E-state index in [4.69, 9.17) is 15.2 Å². The Morgan fingerprint density at radius 1 is 1.16 bits per heavy atom. The van der Waals surface area contributed by atoms with Gasteiger partial charge in [-0.2, -0.15) is 5.10 Å². The highest BCUT2D eigenvalue weighted by atomic mass is 16.6. The molecule has 0 aliphatic rings. The van der Waals surface area contributed by atoms with Gasteiger partial charge in [-0.15, -0.1) is 0 Å². The molecular weight excluding hydrogens is 414 g/mol. The van der Waals surface area contributed by atoms with Crippen LogP contribution in [-0.4, -0.2) is 28.8 Å². The summed E-state index contributed by atoms with van der Waals surface area (Å²) in [6.07, 6.45) is 2.98. The third-order valence-corrected chi connectivity index (χ3v) is 4.44. The van der Waals surface area contributed by atoms with Crippen molar-refractivity contribution in [2.24, 2.45) is 10.8 Å². The molecule has 1 heterocycles. The molecule has 164 valence electrons. The zero-order chi connectivity index (χ0) is 22.9. The molecule has 3 N–H and O–H groups in total. The Bertz CT molecular complexity index is 1130. The number of nitrogens with one attached hydrogen (secondary N) is 1. The summed E-state index contributed by atoms with van der Waals surface area (Å²) in [5.41, 5.74) is 9.69. The number of benzene rings is 2. The minimum absolute atomic E-state index is 0.0880. The molecule has 0 aliphatic heterocycles. The summed E-state index contributed by atoms with van der Waals surface area (Å²) in [4.78, 5) is 27.0. The Balaban J connectivity index is 1.67. The maximum atomic E-state index is 12.2. The Labute approximate surface area is 183 Å². The van der Waals surface area contributed by atoms with Crippen molar-refractivity contribution in [3.8, 4) is 11.5 Å². The molecule has 3 rings (SSSR count). The molecule has 0 saturated carbocycles. The summed E-state index contributed by atoms with van der Waals surface area (Å²) in [6, 6.07) is 14.9. The lowest BCUT2D eigenvalue weighted by Gasteiger charge is -2.11. The Hall–Kier alpha value is -4.47. The molecule has 0 saturated heterocycles. The number of carbonyl (C=O) groups excluding carboxylic acids is 1. The molecule has 0 unspecified atom stereocenters. The third-order valence-electron chi connectivity index (χ3n) is 4.44. The Kier molecular flexibility index (Phi) is 7.31. The number of hydrogen-bond donors (Lipinski definition) is 2. The van der Waals surface area contributed by atoms with Gasteiger partial charge in [0.1, 0.15) is 12.4 Å². The molecule has 0 aliphatic carbocycles. The fraction of sp³-hybridized carbons (Fsp3) is 0.136. The van der Waals surface area contributed by atoms with Gasteiger partial charge in [0.2, 0.25) is 5.91 Å². The van der Waals surface area contributed by atoms with Crippen molar-refractivity contribution in [3.05, 3.63) is 93.8 Å². The van der Waals surface area contributed by atoms with Crippen molar-refractivity contribution in [1.82, 2.24) is 10.4 Å². The van der Waals surface area contributed by atoms with Crippen molar-refractivity contribution in [2.45, 2.75) is 13.0 Å². The van der Waals surface area contributed by atoms with Crippen LogP contribution < -0.4 is 20.6 Å². The highest BCUT2D eigenvalue weighted by Gasteiger charge is 2.18. The van der Waals surface area contributed by atoms with Gasteiger partial charge in [-0.05, 0) is 29.8 Å². The average Bonchev–Trinajstić information content (AvgIpc) is 2.82. The lowest BCUT2D eigenvalue weighted by molar-refractivity contribution is -0.386. The molecular formula is C22H21N5O5. The van der Waals surface area contributed by atoms with Gasteiger partial charge in [0.15, 0.2) is 11.6 Å². The van der Waals surface area contributed by atoms with Gasteiger partial charge >= 0.3 is 5.69 Å². The minimum atomic E-state index is -0.557. The van der Waals surface area contributed by atoms with Crippen molar-refractivity contribution < 1.29 is 19.2 Å². The number of aromatic nitrogens is 1. The molecule has 3 aromatic rings. The first-order valence-electron chi connectivity index (χ1n) is 9.52. The molecule has 1 amide bonds. The average molecular weight is 435 g/mol. The van der Waals surface area contributed by atoms with Crippen LogP contribution in [0, 0.1) is 10.1 Å². The lowest BCUT2D eigenvalue weighted by atomic mass is 10.1. The fourth-order valence-electron chi connectivity index (χ4n) is 2.85. The summed E-state index contributed by atoms with van der Waals surface area (Å²) in [7, 11) is 1.54. The van der Waals surface area contributed by atoms with Crippen LogP contribution in [0.3, 0.4) is 0 Å². The molecule has 0 fully saturated rings. The number of para-hydroxylation sites is 1. The van der Waals surface area contributed by atoms with E-state index in [9.17, 15) is 14.9 Å². The first kappa shape index (κ1) is 22.2. The zero-order valence-corrected chi connectivity index (χ0v) is 17.2. The van der Waals surface area contributed by atoms with Crippen LogP contribution in [-0.2, 0) is 17.8 Å². The maximum Gasteiger partial charge on any atom is 0.311 e. The zero-order valence-electron chi connectivity index (χ0n) is 17.2. The van der Waals surface area contributed by atoms with E-state index in [2.05, 4.69) is 15.5 Å². The highest BCUT2D eigenvalue weighted by Crippen LogP contribution is 2.30. The maximum absolute atomic E-state index is 12.2. The first-order chi connectivity index (χ1) is 15.5. The van der Waals surface area contributed by atoms with E-state index in [0.29, 0.717) is 16.9 Å². The Morgan fingerprint density at radius 3 is 2.62 bits per heavy atom. The standard InChI is InChI=1S/C22H21N5O5/c1-31-19-5-3-2-4-17(19)14-32-20-7-6-15(12-18(20)27(29)30)13-21(28)25-26-22(23)16-8-10-24-11-9-16/h2-12H,13-14H2,1H3,(H2,23,26)(H,25,28). The van der Waals surface area contributed by atoms with Gasteiger partial charge < -0.3 is 15.2 Å². The second-order valence-corrected chi connectivity index (χ2v) is 6.60. The van der Waals surface area contributed by atoms with E-state index in [1.165, 1.54) is 19.2 Å². The summed E-state index contributed by atoms with van der Waals surface area (Å²) >= 11 is 0. The van der Waals surface area contributed by atoms with E-state index in [-0.39, 0.29) is 30.3 Å². The normalized spacial score (nSPS) is 11.0. The van der Waals surface area contributed by atoms with Crippen molar-refractivity contribution in [2.75, 3.05) is 7.11 Å². The van der Waals surface area contributed by atoms with Gasteiger partial charge in [-0.25, -0.2) is 5.43 Å². The van der Waals surface area contributed by atoms with E-state index in [0.717, 1.165) is 5.56 Å². The first-order valence-corrected chi connectivity index (χ1v) is 9.52. The summed E-state index contributed by atoms with van der Waals surface area (Å²) in [5, 5.41) is 15.4. The molecule has 0 radical (unpaired) electrons. The number of nitro benzene ring substituents is 1. The second kappa shape index (κ2) is 10.5. The quantitative estimate of drug-likeness (QED) is 0.228. The van der Waals surface area contributed by atoms with Crippen LogP contribution in [0.5, 0.6) is 11.5 Å². The molecule has 10 heteroatoms.